The molecule has 0 saturated heterocycles. The summed E-state index contributed by atoms with van der Waals surface area (Å²) in [6, 6.07) is 16.3. The molecule has 34 heavy (non-hydrogen) atoms. The van der Waals surface area contributed by atoms with E-state index in [0.717, 1.165) is 28.9 Å². The number of rotatable bonds is 8. The van der Waals surface area contributed by atoms with Gasteiger partial charge in [0.25, 0.3) is 0 Å². The third-order valence-corrected chi connectivity index (χ3v) is 9.16. The van der Waals surface area contributed by atoms with Crippen LogP contribution in [0.1, 0.15) is 34.5 Å². The first-order chi connectivity index (χ1) is 16.3. The highest BCUT2D eigenvalue weighted by Crippen LogP contribution is 2.34. The van der Waals surface area contributed by atoms with Crippen molar-refractivity contribution in [3.05, 3.63) is 81.5 Å². The van der Waals surface area contributed by atoms with Gasteiger partial charge in [0.15, 0.2) is 0 Å². The molecule has 0 bridgehead atoms. The van der Waals surface area contributed by atoms with E-state index in [-0.39, 0.29) is 29.9 Å². The van der Waals surface area contributed by atoms with Crippen LogP contribution in [0.15, 0.2) is 64.9 Å². The molecular formula is C26H30N2O4S2. The van der Waals surface area contributed by atoms with E-state index in [9.17, 15) is 13.2 Å². The van der Waals surface area contributed by atoms with Gasteiger partial charge in [-0.25, -0.2) is 8.42 Å². The number of aryl methyl sites for hydroxylation is 2. The van der Waals surface area contributed by atoms with Gasteiger partial charge in [0, 0.05) is 18.0 Å². The molecule has 1 aliphatic heterocycles. The van der Waals surface area contributed by atoms with Gasteiger partial charge in [-0.2, -0.15) is 4.31 Å². The summed E-state index contributed by atoms with van der Waals surface area (Å²) >= 11 is 1.69. The fraction of sp³-hybridized carbons (Fsp3) is 0.346. The fourth-order valence-electron chi connectivity index (χ4n) is 4.23. The van der Waals surface area contributed by atoms with E-state index in [0.29, 0.717) is 13.2 Å². The molecule has 2 aromatic carbocycles. The lowest BCUT2D eigenvalue weighted by Crippen LogP contribution is -2.47. The minimum Gasteiger partial charge on any atom is -0.491 e. The monoisotopic (exact) mass is 498 g/mol. The van der Waals surface area contributed by atoms with E-state index < -0.39 is 10.0 Å². The van der Waals surface area contributed by atoms with Crippen LogP contribution in [-0.2, 0) is 21.2 Å². The fourth-order valence-corrected chi connectivity index (χ4v) is 6.56. The summed E-state index contributed by atoms with van der Waals surface area (Å²) < 4.78 is 33.8. The van der Waals surface area contributed by atoms with Crippen LogP contribution in [0.2, 0.25) is 0 Å². The lowest BCUT2D eigenvalue weighted by atomic mass is 10.0. The molecule has 180 valence electrons. The number of nitrogens with zero attached hydrogens (tertiary/aromatic N) is 2. The number of thiophene rings is 1. The Morgan fingerprint density at radius 2 is 1.85 bits per heavy atom. The topological polar surface area (TPSA) is 66.9 Å². The number of benzene rings is 2. The van der Waals surface area contributed by atoms with Crippen molar-refractivity contribution >= 4 is 27.3 Å². The highest BCUT2D eigenvalue weighted by atomic mass is 32.2. The average molecular weight is 499 g/mol. The van der Waals surface area contributed by atoms with Gasteiger partial charge in [0.1, 0.15) is 12.4 Å². The molecule has 0 N–H and O–H groups in total. The van der Waals surface area contributed by atoms with Crippen molar-refractivity contribution in [3.8, 4) is 5.75 Å². The maximum Gasteiger partial charge on any atom is 0.243 e. The van der Waals surface area contributed by atoms with Crippen LogP contribution in [-0.4, -0.2) is 49.8 Å². The Hall–Kier alpha value is -2.68. The number of amides is 1. The van der Waals surface area contributed by atoms with Crippen LogP contribution in [0.25, 0.3) is 0 Å². The van der Waals surface area contributed by atoms with E-state index >= 15 is 0 Å². The van der Waals surface area contributed by atoms with Crippen molar-refractivity contribution in [2.45, 2.75) is 38.1 Å². The molecule has 1 aliphatic rings. The van der Waals surface area contributed by atoms with Gasteiger partial charge < -0.3 is 9.64 Å². The van der Waals surface area contributed by atoms with Crippen molar-refractivity contribution in [3.63, 3.8) is 0 Å². The molecule has 0 unspecified atom stereocenters. The maximum atomic E-state index is 13.5. The molecule has 1 atom stereocenters. The van der Waals surface area contributed by atoms with E-state index in [1.807, 2.05) is 49.6 Å². The van der Waals surface area contributed by atoms with Crippen LogP contribution >= 0.6 is 11.3 Å². The molecule has 2 heterocycles. The van der Waals surface area contributed by atoms with Crippen LogP contribution < -0.4 is 4.74 Å². The van der Waals surface area contributed by atoms with Crippen molar-refractivity contribution < 1.29 is 17.9 Å². The molecule has 0 aliphatic carbocycles. The summed E-state index contributed by atoms with van der Waals surface area (Å²) in [4.78, 5) is 16.7. The van der Waals surface area contributed by atoms with Crippen LogP contribution in [0.5, 0.6) is 5.75 Å². The van der Waals surface area contributed by atoms with Crippen molar-refractivity contribution in [1.82, 2.24) is 9.21 Å². The van der Waals surface area contributed by atoms with Crippen molar-refractivity contribution in [1.29, 1.82) is 0 Å². The summed E-state index contributed by atoms with van der Waals surface area (Å²) in [7, 11) is -3.77. The molecule has 4 rings (SSSR count). The minimum absolute atomic E-state index is 0.200. The Labute approximate surface area is 205 Å². The summed E-state index contributed by atoms with van der Waals surface area (Å²) in [5.41, 5.74) is 3.10. The minimum atomic E-state index is -3.77. The zero-order valence-electron chi connectivity index (χ0n) is 19.7. The maximum absolute atomic E-state index is 13.5. The molecule has 0 saturated carbocycles. The Morgan fingerprint density at radius 3 is 2.56 bits per heavy atom. The zero-order valence-corrected chi connectivity index (χ0v) is 21.4. The summed E-state index contributed by atoms with van der Waals surface area (Å²) in [6.07, 6.45) is 0.760. The molecule has 6 nitrogen and oxygen atoms in total. The third kappa shape index (κ3) is 5.04. The molecule has 0 radical (unpaired) electrons. The molecule has 0 fully saturated rings. The largest absolute Gasteiger partial charge is 0.491 e. The molecule has 1 aromatic heterocycles. The van der Waals surface area contributed by atoms with Gasteiger partial charge in [-0.05, 0) is 61.0 Å². The van der Waals surface area contributed by atoms with Gasteiger partial charge >= 0.3 is 0 Å². The molecule has 8 heteroatoms. The van der Waals surface area contributed by atoms with E-state index in [1.165, 1.54) is 9.18 Å². The van der Waals surface area contributed by atoms with Crippen LogP contribution in [0, 0.1) is 13.8 Å². The van der Waals surface area contributed by atoms with E-state index in [1.54, 1.807) is 47.4 Å². The normalized spacial score (nSPS) is 15.9. The Morgan fingerprint density at radius 1 is 1.12 bits per heavy atom. The summed E-state index contributed by atoms with van der Waals surface area (Å²) in [5.74, 6) is 0.571. The summed E-state index contributed by atoms with van der Waals surface area (Å²) in [5, 5.41) is 2.04. The first kappa shape index (κ1) is 24.4. The first-order valence-electron chi connectivity index (χ1n) is 11.4. The number of hydrogen-bond acceptors (Lipinski definition) is 5. The quantitative estimate of drug-likeness (QED) is 0.456. The SMILES string of the molecule is CCN(CC(=O)N1CCc2sccc2[C@@H]1COc1ccccc1C)S(=O)(=O)c1ccc(C)cc1. The van der Waals surface area contributed by atoms with Gasteiger partial charge in [0.2, 0.25) is 15.9 Å². The second kappa shape index (κ2) is 10.3. The number of carbonyl (C=O) groups excluding carboxylic acids is 1. The molecular weight excluding hydrogens is 468 g/mol. The van der Waals surface area contributed by atoms with Crippen LogP contribution in [0.3, 0.4) is 0 Å². The number of likely N-dealkylation sites (N-methyl/N-ethyl adjacent to an activating group) is 1. The highest BCUT2D eigenvalue weighted by Gasteiger charge is 2.35. The number of fused-ring (bicyclic) bond motifs is 1. The number of carbonyl (C=O) groups is 1. The van der Waals surface area contributed by atoms with Gasteiger partial charge in [-0.15, -0.1) is 11.3 Å². The smallest absolute Gasteiger partial charge is 0.243 e. The summed E-state index contributed by atoms with van der Waals surface area (Å²) in [6.45, 7) is 6.52. The second-order valence-corrected chi connectivity index (χ2v) is 11.4. The predicted molar refractivity (Wildman–Crippen MR) is 135 cm³/mol. The van der Waals surface area contributed by atoms with Crippen molar-refractivity contribution in [2.75, 3.05) is 26.2 Å². The lowest BCUT2D eigenvalue weighted by Gasteiger charge is -2.37. The average Bonchev–Trinajstić information content (AvgIpc) is 3.31. The number of ether oxygens (including phenoxy) is 1. The molecule has 1 amide bonds. The Balaban J connectivity index is 1.55. The highest BCUT2D eigenvalue weighted by molar-refractivity contribution is 7.89. The standard InChI is InChI=1S/C26H30N2O4S2/c1-4-27(34(30,31)21-11-9-19(2)10-12-21)17-26(29)28-15-13-25-22(14-16-33-25)23(28)18-32-24-8-6-5-7-20(24)3/h5-12,14,16,23H,4,13,15,17-18H2,1-3H3/t23-/m0/s1. The number of para-hydroxylation sites is 1. The zero-order chi connectivity index (χ0) is 24.3. The van der Waals surface area contributed by atoms with Gasteiger partial charge in [-0.1, -0.05) is 42.8 Å². The second-order valence-electron chi connectivity index (χ2n) is 8.47. The Bertz CT molecular complexity index is 1250. The molecule has 3 aromatic rings. The van der Waals surface area contributed by atoms with Gasteiger partial charge in [0.05, 0.1) is 17.5 Å². The lowest BCUT2D eigenvalue weighted by molar-refractivity contribution is -0.135. The van der Waals surface area contributed by atoms with Crippen LogP contribution in [0.4, 0.5) is 0 Å². The third-order valence-electron chi connectivity index (χ3n) is 6.23. The number of hydrogen-bond donors (Lipinski definition) is 0. The molecule has 0 spiro atoms. The Kier molecular flexibility index (Phi) is 7.40. The van der Waals surface area contributed by atoms with Crippen molar-refractivity contribution in [2.24, 2.45) is 0 Å². The number of sulfonamides is 1. The van der Waals surface area contributed by atoms with E-state index in [4.69, 9.17) is 4.74 Å². The van der Waals surface area contributed by atoms with Gasteiger partial charge in [-0.3, -0.25) is 4.79 Å². The van der Waals surface area contributed by atoms with E-state index in [2.05, 4.69) is 0 Å². The predicted octanol–water partition coefficient (Wildman–Crippen LogP) is 4.58. The first-order valence-corrected chi connectivity index (χ1v) is 13.7.